The maximum atomic E-state index is 12.7. The van der Waals surface area contributed by atoms with Gasteiger partial charge < -0.3 is 35.2 Å². The van der Waals surface area contributed by atoms with E-state index in [1.807, 2.05) is 30.1 Å². The van der Waals surface area contributed by atoms with E-state index in [1.54, 1.807) is 11.1 Å². The third kappa shape index (κ3) is 7.22. The Balaban J connectivity index is 0.813. The number of carbonyl (C=O) groups excluding carboxylic acids is 4. The summed E-state index contributed by atoms with van der Waals surface area (Å²) in [4.78, 5) is 69.5. The molecule has 298 valence electrons. The van der Waals surface area contributed by atoms with Gasteiger partial charge >= 0.3 is 6.03 Å². The van der Waals surface area contributed by atoms with E-state index in [9.17, 15) is 19.2 Å². The number of nitrogens with zero attached hydrogens (tertiary/aromatic N) is 8. The highest BCUT2D eigenvalue weighted by Crippen LogP contribution is 2.35. The van der Waals surface area contributed by atoms with Crippen molar-refractivity contribution in [3.05, 3.63) is 65.1 Å². The summed E-state index contributed by atoms with van der Waals surface area (Å²) in [5.41, 5.74) is 11.6. The largest absolute Gasteiger partial charge is 0.371 e. The minimum Gasteiger partial charge on any atom is -0.371 e. The molecule has 0 radical (unpaired) electrons. The second-order valence-corrected chi connectivity index (χ2v) is 16.0. The first-order chi connectivity index (χ1) is 27.7. The highest BCUT2D eigenvalue weighted by atomic mass is 16.5. The Morgan fingerprint density at radius 3 is 2.44 bits per heavy atom. The molecule has 16 heteroatoms. The molecule has 7 heterocycles. The Labute approximate surface area is 330 Å². The molecule has 2 aromatic carbocycles. The Bertz CT molecular complexity index is 2200. The van der Waals surface area contributed by atoms with Crippen molar-refractivity contribution in [2.45, 2.75) is 69.4 Å². The van der Waals surface area contributed by atoms with E-state index in [1.165, 1.54) is 11.1 Å². The Kier molecular flexibility index (Phi) is 9.88. The van der Waals surface area contributed by atoms with E-state index >= 15 is 0 Å². The summed E-state index contributed by atoms with van der Waals surface area (Å²) in [6, 6.07) is 13.0. The molecule has 4 fully saturated rings. The van der Waals surface area contributed by atoms with Crippen LogP contribution in [-0.4, -0.2) is 125 Å². The zero-order valence-corrected chi connectivity index (χ0v) is 32.3. The molecule has 5 aliphatic heterocycles. The minimum absolute atomic E-state index is 0.0659. The van der Waals surface area contributed by atoms with E-state index in [0.717, 1.165) is 107 Å². The van der Waals surface area contributed by atoms with Crippen molar-refractivity contribution in [2.24, 2.45) is 5.73 Å². The highest BCUT2D eigenvalue weighted by molar-refractivity contribution is 6.02. The number of rotatable bonds is 8. The third-order valence-electron chi connectivity index (χ3n) is 12.6. The third-order valence-corrected chi connectivity index (χ3v) is 12.6. The van der Waals surface area contributed by atoms with Crippen molar-refractivity contribution < 1.29 is 23.7 Å². The number of likely N-dealkylation sites (N-methyl/N-ethyl adjacent to an activating group) is 1. The quantitative estimate of drug-likeness (QED) is 0.222. The van der Waals surface area contributed by atoms with Crippen molar-refractivity contribution in [1.82, 2.24) is 35.1 Å². The van der Waals surface area contributed by atoms with Gasteiger partial charge in [0.2, 0.25) is 11.8 Å². The summed E-state index contributed by atoms with van der Waals surface area (Å²) >= 11 is 0. The molecule has 4 aromatic rings. The molecular weight excluding hydrogens is 727 g/mol. The molecule has 0 saturated carbocycles. The molecule has 1 unspecified atom stereocenters. The molecule has 57 heavy (non-hydrogen) atoms. The molecule has 0 bridgehead atoms. The number of benzene rings is 2. The maximum Gasteiger partial charge on any atom is 0.320 e. The second-order valence-electron chi connectivity index (χ2n) is 16.0. The van der Waals surface area contributed by atoms with Gasteiger partial charge in [0.05, 0.1) is 18.2 Å². The number of carbonyl (C=O) groups is 4. The fraction of sp³-hybridized carbons (Fsp3) is 0.488. The number of amides is 5. The van der Waals surface area contributed by atoms with E-state index in [4.69, 9.17) is 15.2 Å². The van der Waals surface area contributed by atoms with Crippen LogP contribution >= 0.6 is 0 Å². The standard InChI is InChI=1S/C41H49N11O5/c1-48-21-22-52(41(48)56)29-3-2-16-51(24-29)33-23-43-36(38(42)54)39(45-33)44-26-5-7-27(8-6-26)50-18-13-28(14-19-50)49-17-12-25-4-9-31-35(32-10-11-34(53)46-40(32)55)47-57-37(31)30(25)15-20-49/h4-9,23,28-29,32H,2-3,10-22,24H2,1H3,(H2,42,54)(H,44,45)(H,46,53,55)/t29-,32?/m1/s1. The number of piperidine rings is 3. The molecular formula is C41H49N11O5. The Hall–Kier alpha value is -5.77. The molecule has 2 aromatic heterocycles. The first kappa shape index (κ1) is 36.8. The fourth-order valence-corrected chi connectivity index (χ4v) is 9.43. The fourth-order valence-electron chi connectivity index (χ4n) is 9.43. The SMILES string of the molecule is CN1CCN([C@@H]2CCCN(c3cnc(C(N)=O)c(Nc4ccc(N5CCC(N6CCc7ccc8c(C9CCC(=O)NC9=O)noc8c7CC6)CC5)cc4)n3)C2)C1=O. The van der Waals surface area contributed by atoms with Gasteiger partial charge in [-0.1, -0.05) is 11.2 Å². The lowest BCUT2D eigenvalue weighted by molar-refractivity contribution is -0.134. The molecule has 4 saturated heterocycles. The molecule has 16 nitrogen and oxygen atoms in total. The van der Waals surface area contributed by atoms with E-state index in [2.05, 4.69) is 53.7 Å². The van der Waals surface area contributed by atoms with Crippen LogP contribution in [0.5, 0.6) is 0 Å². The molecule has 5 amide bonds. The average molecular weight is 776 g/mol. The normalized spacial score (nSPS) is 22.5. The predicted octanol–water partition coefficient (Wildman–Crippen LogP) is 3.39. The van der Waals surface area contributed by atoms with Crippen molar-refractivity contribution in [1.29, 1.82) is 0 Å². The molecule has 9 rings (SSSR count). The average Bonchev–Trinajstić information content (AvgIpc) is 3.72. The summed E-state index contributed by atoms with van der Waals surface area (Å²) in [5.74, 6) is -0.712. The Morgan fingerprint density at radius 2 is 1.68 bits per heavy atom. The van der Waals surface area contributed by atoms with Gasteiger partial charge in [-0.25, -0.2) is 14.8 Å². The number of primary amides is 1. The summed E-state index contributed by atoms with van der Waals surface area (Å²) in [6.07, 6.45) is 8.10. The predicted molar refractivity (Wildman–Crippen MR) is 214 cm³/mol. The first-order valence-electron chi connectivity index (χ1n) is 20.2. The van der Waals surface area contributed by atoms with Crippen LogP contribution < -0.4 is 26.2 Å². The van der Waals surface area contributed by atoms with Crippen LogP contribution in [0.25, 0.3) is 11.0 Å². The summed E-state index contributed by atoms with van der Waals surface area (Å²) in [5, 5.41) is 11.0. The molecule has 2 atom stereocenters. The van der Waals surface area contributed by atoms with Crippen LogP contribution in [0.4, 0.5) is 27.8 Å². The van der Waals surface area contributed by atoms with Crippen molar-refractivity contribution >= 4 is 57.7 Å². The second kappa shape index (κ2) is 15.3. The monoisotopic (exact) mass is 775 g/mol. The van der Waals surface area contributed by atoms with E-state index in [-0.39, 0.29) is 29.6 Å². The number of nitrogens with one attached hydrogen (secondary N) is 2. The van der Waals surface area contributed by atoms with Gasteiger partial charge in [-0.05, 0) is 80.8 Å². The number of fused-ring (bicyclic) bond motifs is 3. The topological polar surface area (TPSA) is 186 Å². The van der Waals surface area contributed by atoms with Gasteiger partial charge in [-0.2, -0.15) is 0 Å². The van der Waals surface area contributed by atoms with Gasteiger partial charge in [-0.3, -0.25) is 24.6 Å². The van der Waals surface area contributed by atoms with Crippen LogP contribution in [-0.2, 0) is 22.4 Å². The molecule has 4 N–H and O–H groups in total. The van der Waals surface area contributed by atoms with Gasteiger partial charge in [-0.15, -0.1) is 0 Å². The van der Waals surface area contributed by atoms with Crippen molar-refractivity contribution in [3.63, 3.8) is 0 Å². The number of hydrogen-bond donors (Lipinski definition) is 3. The number of aromatic nitrogens is 3. The molecule has 0 spiro atoms. The zero-order valence-electron chi connectivity index (χ0n) is 32.3. The van der Waals surface area contributed by atoms with E-state index < -0.39 is 11.8 Å². The van der Waals surface area contributed by atoms with E-state index in [0.29, 0.717) is 42.8 Å². The number of hydrogen-bond acceptors (Lipinski definition) is 12. The van der Waals surface area contributed by atoms with Crippen LogP contribution in [0.2, 0.25) is 0 Å². The van der Waals surface area contributed by atoms with Crippen LogP contribution in [0.3, 0.4) is 0 Å². The maximum absolute atomic E-state index is 12.7. The highest BCUT2D eigenvalue weighted by Gasteiger charge is 2.36. The van der Waals surface area contributed by atoms with Crippen molar-refractivity contribution in [2.75, 3.05) is 74.5 Å². The molecule has 5 aliphatic rings. The number of urea groups is 1. The van der Waals surface area contributed by atoms with Gasteiger partial charge in [0, 0.05) is 94.2 Å². The summed E-state index contributed by atoms with van der Waals surface area (Å²) in [6.45, 7) is 6.69. The van der Waals surface area contributed by atoms with Crippen molar-refractivity contribution in [3.8, 4) is 0 Å². The van der Waals surface area contributed by atoms with Gasteiger partial charge in [0.25, 0.3) is 5.91 Å². The minimum atomic E-state index is -0.656. The Morgan fingerprint density at radius 1 is 0.877 bits per heavy atom. The van der Waals surface area contributed by atoms with Gasteiger partial charge in [0.15, 0.2) is 17.1 Å². The number of imide groups is 1. The summed E-state index contributed by atoms with van der Waals surface area (Å²) in [7, 11) is 1.84. The van der Waals surface area contributed by atoms with Crippen LogP contribution in [0, 0.1) is 0 Å². The first-order valence-corrected chi connectivity index (χ1v) is 20.2. The molecule has 0 aliphatic carbocycles. The lowest BCUT2D eigenvalue weighted by Gasteiger charge is -2.39. The van der Waals surface area contributed by atoms with Crippen LogP contribution in [0.15, 0.2) is 47.1 Å². The lowest BCUT2D eigenvalue weighted by Crippen LogP contribution is -2.49. The zero-order chi connectivity index (χ0) is 39.2. The van der Waals surface area contributed by atoms with Gasteiger partial charge in [0.1, 0.15) is 11.5 Å². The smallest absolute Gasteiger partial charge is 0.320 e. The summed E-state index contributed by atoms with van der Waals surface area (Å²) < 4.78 is 5.90. The number of anilines is 4. The lowest BCUT2D eigenvalue weighted by atomic mass is 9.91. The van der Waals surface area contributed by atoms with Crippen LogP contribution in [0.1, 0.15) is 71.8 Å². The number of nitrogens with two attached hydrogens (primary N) is 1.